The van der Waals surface area contributed by atoms with Gasteiger partial charge in [-0.05, 0) is 42.7 Å². The average molecular weight is 563 g/mol. The van der Waals surface area contributed by atoms with Crippen molar-refractivity contribution in [3.05, 3.63) is 63.1 Å². The summed E-state index contributed by atoms with van der Waals surface area (Å²) in [4.78, 5) is 28.0. The van der Waals surface area contributed by atoms with E-state index in [1.54, 1.807) is 31.2 Å². The molecular formula is C24H30Cl3N3O4S. The Hall–Kier alpha value is -2.00. The third-order valence-corrected chi connectivity index (χ3v) is 7.42. The Bertz CT molecular complexity index is 1140. The van der Waals surface area contributed by atoms with Gasteiger partial charge in [-0.2, -0.15) is 0 Å². The van der Waals surface area contributed by atoms with E-state index in [0.717, 1.165) is 23.4 Å². The number of anilines is 1. The maximum absolute atomic E-state index is 13.6. The number of hydrogen-bond donors (Lipinski definition) is 1. The molecule has 2 aromatic rings. The third-order valence-electron chi connectivity index (χ3n) is 5.37. The van der Waals surface area contributed by atoms with Gasteiger partial charge in [0.05, 0.1) is 17.0 Å². The van der Waals surface area contributed by atoms with Crippen LogP contribution >= 0.6 is 34.8 Å². The number of rotatable bonds is 12. The molecule has 0 saturated heterocycles. The quantitative estimate of drug-likeness (QED) is 0.363. The van der Waals surface area contributed by atoms with Crippen molar-refractivity contribution in [2.24, 2.45) is 0 Å². The second-order valence-electron chi connectivity index (χ2n) is 8.05. The summed E-state index contributed by atoms with van der Waals surface area (Å²) in [6, 6.07) is 10.5. The number of amides is 2. The van der Waals surface area contributed by atoms with Crippen LogP contribution in [-0.4, -0.2) is 50.5 Å². The van der Waals surface area contributed by atoms with Gasteiger partial charge >= 0.3 is 0 Å². The minimum Gasteiger partial charge on any atom is -0.354 e. The molecule has 11 heteroatoms. The predicted molar refractivity (Wildman–Crippen MR) is 143 cm³/mol. The molecule has 0 unspecified atom stereocenters. The molecule has 2 amide bonds. The molecule has 0 bridgehead atoms. The van der Waals surface area contributed by atoms with Gasteiger partial charge in [0.15, 0.2) is 0 Å². The number of carbonyl (C=O) groups is 2. The van der Waals surface area contributed by atoms with Crippen LogP contribution < -0.4 is 9.62 Å². The first-order valence-electron chi connectivity index (χ1n) is 11.2. The lowest BCUT2D eigenvalue weighted by Gasteiger charge is -2.33. The second-order valence-corrected chi connectivity index (χ2v) is 11.2. The summed E-state index contributed by atoms with van der Waals surface area (Å²) >= 11 is 18.7. The van der Waals surface area contributed by atoms with Gasteiger partial charge in [0.2, 0.25) is 21.8 Å². The molecule has 192 valence electrons. The van der Waals surface area contributed by atoms with Crippen molar-refractivity contribution in [1.82, 2.24) is 10.2 Å². The molecule has 0 saturated carbocycles. The molecule has 1 atom stereocenters. The number of nitrogens with one attached hydrogen (secondary N) is 1. The Morgan fingerprint density at radius 3 is 2.31 bits per heavy atom. The normalized spacial score (nSPS) is 12.2. The van der Waals surface area contributed by atoms with Gasteiger partial charge in [-0.1, -0.05) is 73.3 Å². The van der Waals surface area contributed by atoms with Gasteiger partial charge in [0.1, 0.15) is 12.6 Å². The lowest BCUT2D eigenvalue weighted by Crippen LogP contribution is -2.52. The van der Waals surface area contributed by atoms with Crippen molar-refractivity contribution >= 4 is 62.3 Å². The van der Waals surface area contributed by atoms with Crippen molar-refractivity contribution < 1.29 is 18.0 Å². The fraction of sp³-hybridized carbons (Fsp3) is 0.417. The van der Waals surface area contributed by atoms with Gasteiger partial charge in [-0.25, -0.2) is 8.42 Å². The first kappa shape index (κ1) is 29.2. The van der Waals surface area contributed by atoms with Crippen LogP contribution in [0.25, 0.3) is 0 Å². The molecule has 35 heavy (non-hydrogen) atoms. The van der Waals surface area contributed by atoms with Crippen molar-refractivity contribution in [1.29, 1.82) is 0 Å². The summed E-state index contributed by atoms with van der Waals surface area (Å²) in [6.45, 7) is 3.74. The average Bonchev–Trinajstić information content (AvgIpc) is 2.79. The van der Waals surface area contributed by atoms with Crippen molar-refractivity contribution in [3.8, 4) is 0 Å². The van der Waals surface area contributed by atoms with Crippen LogP contribution in [0.1, 0.15) is 38.7 Å². The Morgan fingerprint density at radius 1 is 1.03 bits per heavy atom. The Kier molecular flexibility index (Phi) is 11.1. The molecule has 2 rings (SSSR count). The summed E-state index contributed by atoms with van der Waals surface area (Å²) in [5, 5.41) is 3.68. The number of benzene rings is 2. The Balaban J connectivity index is 2.46. The number of carbonyl (C=O) groups excluding carboxylic acids is 2. The molecule has 0 heterocycles. The van der Waals surface area contributed by atoms with E-state index in [2.05, 4.69) is 5.32 Å². The fourth-order valence-electron chi connectivity index (χ4n) is 3.51. The summed E-state index contributed by atoms with van der Waals surface area (Å²) in [6.07, 6.45) is 3.01. The largest absolute Gasteiger partial charge is 0.354 e. The molecule has 0 fully saturated rings. The maximum atomic E-state index is 13.6. The minimum absolute atomic E-state index is 0.0269. The van der Waals surface area contributed by atoms with Gasteiger partial charge in [0, 0.05) is 23.1 Å². The number of sulfonamides is 1. The van der Waals surface area contributed by atoms with Gasteiger partial charge in [-0.15, -0.1) is 0 Å². The van der Waals surface area contributed by atoms with Crippen molar-refractivity contribution in [2.45, 2.75) is 45.7 Å². The summed E-state index contributed by atoms with van der Waals surface area (Å²) < 4.78 is 26.2. The number of hydrogen-bond acceptors (Lipinski definition) is 4. The second kappa shape index (κ2) is 13.3. The number of nitrogens with zero attached hydrogens (tertiary/aromatic N) is 2. The highest BCUT2D eigenvalue weighted by Crippen LogP contribution is 2.31. The topological polar surface area (TPSA) is 86.8 Å². The zero-order valence-corrected chi connectivity index (χ0v) is 23.0. The fourth-order valence-corrected chi connectivity index (χ4v) is 4.99. The number of halogens is 3. The first-order valence-corrected chi connectivity index (χ1v) is 14.2. The van der Waals surface area contributed by atoms with Gasteiger partial charge in [0.25, 0.3) is 0 Å². The first-order chi connectivity index (χ1) is 16.5. The number of unbranched alkanes of at least 4 members (excludes halogenated alkanes) is 1. The highest BCUT2D eigenvalue weighted by atomic mass is 35.5. The van der Waals surface area contributed by atoms with Gasteiger partial charge in [-0.3, -0.25) is 13.9 Å². The van der Waals surface area contributed by atoms with Crippen LogP contribution in [0.2, 0.25) is 15.1 Å². The van der Waals surface area contributed by atoms with E-state index >= 15 is 0 Å². The lowest BCUT2D eigenvalue weighted by molar-refractivity contribution is -0.140. The van der Waals surface area contributed by atoms with Crippen molar-refractivity contribution in [3.63, 3.8) is 0 Å². The third kappa shape index (κ3) is 8.27. The van der Waals surface area contributed by atoms with Crippen molar-refractivity contribution in [2.75, 3.05) is 23.7 Å². The van der Waals surface area contributed by atoms with Crippen LogP contribution in [0, 0.1) is 0 Å². The Labute approximate surface area is 222 Å². The molecule has 1 N–H and O–H groups in total. The maximum Gasteiger partial charge on any atom is 0.244 e. The van der Waals surface area contributed by atoms with Crippen LogP contribution in [0.3, 0.4) is 0 Å². The SMILES string of the molecule is CCCCNC(=O)[C@H](CC)N(Cc1ccccc1Cl)C(=O)CN(c1cc(Cl)ccc1Cl)S(C)(=O)=O. The van der Waals surface area contributed by atoms with E-state index in [1.165, 1.54) is 23.1 Å². The molecule has 7 nitrogen and oxygen atoms in total. The highest BCUT2D eigenvalue weighted by Gasteiger charge is 2.32. The predicted octanol–water partition coefficient (Wildman–Crippen LogP) is 5.14. The lowest BCUT2D eigenvalue weighted by atomic mass is 10.1. The van der Waals surface area contributed by atoms with Crippen LogP contribution in [0.5, 0.6) is 0 Å². The van der Waals surface area contributed by atoms with E-state index < -0.39 is 28.5 Å². The summed E-state index contributed by atoms with van der Waals surface area (Å²) in [7, 11) is -3.92. The summed E-state index contributed by atoms with van der Waals surface area (Å²) in [5.74, 6) is -0.892. The highest BCUT2D eigenvalue weighted by molar-refractivity contribution is 7.92. The standard InChI is InChI=1S/C24H30Cl3N3O4S/c1-4-6-13-28-24(32)21(5-2)29(15-17-9-7-8-10-19(17)26)23(31)16-30(35(3,33)34)22-14-18(25)11-12-20(22)27/h7-12,14,21H,4-6,13,15-16H2,1-3H3,(H,28,32)/t21-/m0/s1. The van der Waals surface area contributed by atoms with Gasteiger partial charge < -0.3 is 10.2 Å². The zero-order valence-electron chi connectivity index (χ0n) is 19.9. The molecule has 0 radical (unpaired) electrons. The minimum atomic E-state index is -3.92. The molecule has 0 aromatic heterocycles. The van der Waals surface area contributed by atoms with Crippen LogP contribution in [0.15, 0.2) is 42.5 Å². The summed E-state index contributed by atoms with van der Waals surface area (Å²) in [5.41, 5.74) is 0.710. The van der Waals surface area contributed by atoms with Crippen LogP contribution in [-0.2, 0) is 26.2 Å². The smallest absolute Gasteiger partial charge is 0.244 e. The monoisotopic (exact) mass is 561 g/mol. The van der Waals surface area contributed by atoms with E-state index in [0.29, 0.717) is 23.6 Å². The zero-order chi connectivity index (χ0) is 26.2. The van der Waals surface area contributed by atoms with E-state index in [4.69, 9.17) is 34.8 Å². The molecule has 2 aromatic carbocycles. The van der Waals surface area contributed by atoms with E-state index in [9.17, 15) is 18.0 Å². The Morgan fingerprint density at radius 2 is 1.71 bits per heavy atom. The van der Waals surface area contributed by atoms with E-state index in [-0.39, 0.29) is 28.2 Å². The van der Waals surface area contributed by atoms with Crippen LogP contribution in [0.4, 0.5) is 5.69 Å². The molecule has 0 spiro atoms. The van der Waals surface area contributed by atoms with E-state index in [1.807, 2.05) is 6.92 Å². The molecular weight excluding hydrogens is 533 g/mol. The molecule has 0 aliphatic rings. The molecule has 0 aliphatic carbocycles. The molecule has 0 aliphatic heterocycles.